The molecule has 1 nitrogen and oxygen atoms in total. The van der Waals surface area contributed by atoms with Crippen molar-refractivity contribution in [3.05, 3.63) is 0 Å². The topological polar surface area (TPSA) is 9.23 Å². The van der Waals surface area contributed by atoms with E-state index >= 15 is 0 Å². The van der Waals surface area contributed by atoms with Crippen molar-refractivity contribution in [2.24, 2.45) is 5.41 Å². The SMILES string of the molecule is CC1CC2(CCCCC2)C(C)O1. The molecular formula is C11H20O. The van der Waals surface area contributed by atoms with Gasteiger partial charge in [0.1, 0.15) is 0 Å². The van der Waals surface area contributed by atoms with Crippen LogP contribution in [0.1, 0.15) is 52.4 Å². The maximum atomic E-state index is 5.85. The summed E-state index contributed by atoms with van der Waals surface area (Å²) in [7, 11) is 0. The summed E-state index contributed by atoms with van der Waals surface area (Å²) >= 11 is 0. The van der Waals surface area contributed by atoms with E-state index in [0.29, 0.717) is 17.6 Å². The Labute approximate surface area is 75.5 Å². The molecule has 12 heavy (non-hydrogen) atoms. The average molecular weight is 168 g/mol. The molecule has 0 aromatic rings. The molecule has 1 spiro atoms. The Balaban J connectivity index is 2.08. The molecule has 2 aliphatic rings. The van der Waals surface area contributed by atoms with Gasteiger partial charge in [0.25, 0.3) is 0 Å². The second-order valence-corrected chi connectivity index (χ2v) is 4.72. The molecule has 1 aliphatic carbocycles. The van der Waals surface area contributed by atoms with Crippen LogP contribution in [0.2, 0.25) is 0 Å². The smallest absolute Gasteiger partial charge is 0.0607 e. The normalized spacial score (nSPS) is 40.5. The third-order valence-electron chi connectivity index (χ3n) is 3.84. The number of hydrogen-bond acceptors (Lipinski definition) is 1. The lowest BCUT2D eigenvalue weighted by Gasteiger charge is -2.35. The summed E-state index contributed by atoms with van der Waals surface area (Å²) in [5.41, 5.74) is 0.581. The lowest BCUT2D eigenvalue weighted by atomic mass is 9.69. The van der Waals surface area contributed by atoms with Crippen LogP contribution in [0.4, 0.5) is 0 Å². The standard InChI is InChI=1S/C11H20O/c1-9-8-11(10(2)12-9)6-4-3-5-7-11/h9-10H,3-8H2,1-2H3. The highest BCUT2D eigenvalue weighted by molar-refractivity contribution is 4.94. The fourth-order valence-corrected chi connectivity index (χ4v) is 3.15. The lowest BCUT2D eigenvalue weighted by Crippen LogP contribution is -2.30. The van der Waals surface area contributed by atoms with E-state index in [9.17, 15) is 0 Å². The zero-order chi connectivity index (χ0) is 8.60. The van der Waals surface area contributed by atoms with Crippen LogP contribution in [-0.2, 0) is 4.74 Å². The van der Waals surface area contributed by atoms with Gasteiger partial charge in [0, 0.05) is 0 Å². The first-order chi connectivity index (χ1) is 5.73. The molecule has 0 bridgehead atoms. The maximum absolute atomic E-state index is 5.85. The van der Waals surface area contributed by atoms with Crippen LogP contribution >= 0.6 is 0 Å². The van der Waals surface area contributed by atoms with E-state index in [1.165, 1.54) is 38.5 Å². The van der Waals surface area contributed by atoms with Gasteiger partial charge >= 0.3 is 0 Å². The summed E-state index contributed by atoms with van der Waals surface area (Å²) < 4.78 is 5.85. The zero-order valence-electron chi connectivity index (χ0n) is 8.31. The molecule has 1 heteroatoms. The Bertz CT molecular complexity index is 158. The van der Waals surface area contributed by atoms with Crippen molar-refractivity contribution in [1.82, 2.24) is 0 Å². The van der Waals surface area contributed by atoms with Crippen LogP contribution in [0.15, 0.2) is 0 Å². The molecule has 0 amide bonds. The summed E-state index contributed by atoms with van der Waals surface area (Å²) in [4.78, 5) is 0. The monoisotopic (exact) mass is 168 g/mol. The summed E-state index contributed by atoms with van der Waals surface area (Å²) in [5.74, 6) is 0. The number of ether oxygens (including phenoxy) is 1. The van der Waals surface area contributed by atoms with Crippen LogP contribution < -0.4 is 0 Å². The van der Waals surface area contributed by atoms with Gasteiger partial charge in [-0.05, 0) is 38.5 Å². The molecule has 0 N–H and O–H groups in total. The van der Waals surface area contributed by atoms with Crippen LogP contribution in [0, 0.1) is 5.41 Å². The molecule has 1 heterocycles. The summed E-state index contributed by atoms with van der Waals surface area (Å²) in [6.45, 7) is 4.49. The molecule has 70 valence electrons. The van der Waals surface area contributed by atoms with E-state index in [2.05, 4.69) is 13.8 Å². The minimum atomic E-state index is 0.512. The highest BCUT2D eigenvalue weighted by atomic mass is 16.5. The van der Waals surface area contributed by atoms with E-state index < -0.39 is 0 Å². The van der Waals surface area contributed by atoms with E-state index in [1.54, 1.807) is 0 Å². The molecule has 0 aromatic carbocycles. The summed E-state index contributed by atoms with van der Waals surface area (Å²) in [6, 6.07) is 0. The molecule has 0 radical (unpaired) electrons. The van der Waals surface area contributed by atoms with E-state index in [0.717, 1.165) is 0 Å². The molecule has 1 saturated carbocycles. The molecule has 1 aliphatic heterocycles. The lowest BCUT2D eigenvalue weighted by molar-refractivity contribution is 0.0178. The van der Waals surface area contributed by atoms with Crippen molar-refractivity contribution in [1.29, 1.82) is 0 Å². The van der Waals surface area contributed by atoms with E-state index in [4.69, 9.17) is 4.74 Å². The van der Waals surface area contributed by atoms with Gasteiger partial charge in [-0.2, -0.15) is 0 Å². The Morgan fingerprint density at radius 1 is 1.08 bits per heavy atom. The minimum Gasteiger partial charge on any atom is -0.375 e. The van der Waals surface area contributed by atoms with Crippen molar-refractivity contribution in [3.8, 4) is 0 Å². The third-order valence-corrected chi connectivity index (χ3v) is 3.84. The average Bonchev–Trinajstić information content (AvgIpc) is 2.29. The summed E-state index contributed by atoms with van der Waals surface area (Å²) in [6.07, 6.45) is 9.49. The first-order valence-corrected chi connectivity index (χ1v) is 5.38. The van der Waals surface area contributed by atoms with Gasteiger partial charge in [0.2, 0.25) is 0 Å². The second-order valence-electron chi connectivity index (χ2n) is 4.72. The Hall–Kier alpha value is -0.0400. The van der Waals surface area contributed by atoms with Crippen molar-refractivity contribution < 1.29 is 4.74 Å². The molecule has 2 unspecified atom stereocenters. The van der Waals surface area contributed by atoms with Crippen molar-refractivity contribution >= 4 is 0 Å². The molecule has 0 aromatic heterocycles. The van der Waals surface area contributed by atoms with Gasteiger partial charge in [-0.25, -0.2) is 0 Å². The van der Waals surface area contributed by atoms with Crippen LogP contribution in [-0.4, -0.2) is 12.2 Å². The number of hydrogen-bond donors (Lipinski definition) is 0. The predicted molar refractivity (Wildman–Crippen MR) is 50.1 cm³/mol. The quantitative estimate of drug-likeness (QED) is 0.540. The Morgan fingerprint density at radius 3 is 2.25 bits per heavy atom. The fraction of sp³-hybridized carbons (Fsp3) is 1.00. The van der Waals surface area contributed by atoms with E-state index in [1.807, 2.05) is 0 Å². The van der Waals surface area contributed by atoms with Gasteiger partial charge in [-0.1, -0.05) is 19.3 Å². The van der Waals surface area contributed by atoms with E-state index in [-0.39, 0.29) is 0 Å². The van der Waals surface area contributed by atoms with Crippen molar-refractivity contribution in [2.45, 2.75) is 64.6 Å². The largest absolute Gasteiger partial charge is 0.375 e. The van der Waals surface area contributed by atoms with Gasteiger partial charge in [0.15, 0.2) is 0 Å². The van der Waals surface area contributed by atoms with Crippen LogP contribution in [0.25, 0.3) is 0 Å². The molecular weight excluding hydrogens is 148 g/mol. The van der Waals surface area contributed by atoms with Gasteiger partial charge in [-0.3, -0.25) is 0 Å². The fourth-order valence-electron chi connectivity index (χ4n) is 3.15. The van der Waals surface area contributed by atoms with Crippen molar-refractivity contribution in [2.75, 3.05) is 0 Å². The van der Waals surface area contributed by atoms with Crippen molar-refractivity contribution in [3.63, 3.8) is 0 Å². The second kappa shape index (κ2) is 3.02. The highest BCUT2D eigenvalue weighted by Gasteiger charge is 2.44. The van der Waals surface area contributed by atoms with Crippen LogP contribution in [0.3, 0.4) is 0 Å². The Morgan fingerprint density at radius 2 is 1.75 bits per heavy atom. The summed E-state index contributed by atoms with van der Waals surface area (Å²) in [5, 5.41) is 0. The Kier molecular flexibility index (Phi) is 2.16. The molecule has 1 saturated heterocycles. The third kappa shape index (κ3) is 1.28. The first-order valence-electron chi connectivity index (χ1n) is 5.38. The maximum Gasteiger partial charge on any atom is 0.0607 e. The van der Waals surface area contributed by atoms with Crippen LogP contribution in [0.5, 0.6) is 0 Å². The molecule has 2 atom stereocenters. The highest BCUT2D eigenvalue weighted by Crippen LogP contribution is 2.48. The first kappa shape index (κ1) is 8.55. The minimum absolute atomic E-state index is 0.512. The molecule has 2 rings (SSSR count). The molecule has 2 fully saturated rings. The number of rotatable bonds is 0. The van der Waals surface area contributed by atoms with Gasteiger partial charge in [-0.15, -0.1) is 0 Å². The van der Waals surface area contributed by atoms with Gasteiger partial charge < -0.3 is 4.74 Å². The predicted octanol–water partition coefficient (Wildman–Crippen LogP) is 3.13. The van der Waals surface area contributed by atoms with Gasteiger partial charge in [0.05, 0.1) is 12.2 Å². The zero-order valence-corrected chi connectivity index (χ0v) is 8.31.